The third kappa shape index (κ3) is 4.78. The van der Waals surface area contributed by atoms with E-state index in [4.69, 9.17) is 0 Å². The molecule has 0 spiro atoms. The van der Waals surface area contributed by atoms with Gasteiger partial charge in [-0.2, -0.15) is 0 Å². The van der Waals surface area contributed by atoms with Crippen LogP contribution in [-0.2, 0) is 11.2 Å². The lowest BCUT2D eigenvalue weighted by atomic mass is 9.99. The Bertz CT molecular complexity index is 885. The molecule has 0 radical (unpaired) electrons. The number of fused-ring (bicyclic) bond motifs is 1. The molecule has 29 heavy (non-hydrogen) atoms. The first-order chi connectivity index (χ1) is 14.0. The van der Waals surface area contributed by atoms with E-state index < -0.39 is 0 Å². The summed E-state index contributed by atoms with van der Waals surface area (Å²) in [4.78, 5) is 29.0. The van der Waals surface area contributed by atoms with E-state index >= 15 is 0 Å². The minimum Gasteiger partial charge on any atom is -0.365 e. The van der Waals surface area contributed by atoms with E-state index in [1.165, 1.54) is 18.4 Å². The summed E-state index contributed by atoms with van der Waals surface area (Å²) in [6, 6.07) is 0.451. The van der Waals surface area contributed by atoms with Gasteiger partial charge >= 0.3 is 0 Å². The van der Waals surface area contributed by atoms with Gasteiger partial charge < -0.3 is 20.1 Å². The van der Waals surface area contributed by atoms with Gasteiger partial charge in [0.2, 0.25) is 5.91 Å². The highest BCUT2D eigenvalue weighted by Gasteiger charge is 2.29. The van der Waals surface area contributed by atoms with E-state index in [9.17, 15) is 4.79 Å². The van der Waals surface area contributed by atoms with Crippen LogP contribution in [-0.4, -0.2) is 69.9 Å². The maximum Gasteiger partial charge on any atom is 0.246 e. The van der Waals surface area contributed by atoms with Gasteiger partial charge in [0.05, 0.1) is 5.39 Å². The van der Waals surface area contributed by atoms with Gasteiger partial charge in [-0.1, -0.05) is 6.08 Å². The number of piperidine rings is 1. The van der Waals surface area contributed by atoms with Crippen molar-refractivity contribution in [2.24, 2.45) is 5.92 Å². The zero-order valence-corrected chi connectivity index (χ0v) is 17.7. The minimum absolute atomic E-state index is 0.0924. The molecule has 0 unspecified atom stereocenters. The number of anilines is 1. The lowest BCUT2D eigenvalue weighted by Crippen LogP contribution is -2.49. The molecule has 1 saturated carbocycles. The number of hydrogen-bond donors (Lipinski definition) is 2. The summed E-state index contributed by atoms with van der Waals surface area (Å²) in [5.74, 6) is 1.79. The number of rotatable bonds is 7. The van der Waals surface area contributed by atoms with E-state index in [-0.39, 0.29) is 18.0 Å². The Morgan fingerprint density at radius 1 is 1.31 bits per heavy atom. The SMILES string of the molecule is C[C@H]1CC[C@@H](Nc2ncnc3[nH]cc(CC4CC4)c23)CN1C(=O)/C=C/CN(C)C. The zero-order valence-electron chi connectivity index (χ0n) is 17.7. The van der Waals surface area contributed by atoms with Crippen molar-refractivity contribution in [2.75, 3.05) is 32.5 Å². The number of carbonyl (C=O) groups excluding carboxylic acids is 1. The number of nitrogens with zero attached hydrogens (tertiary/aromatic N) is 4. The fraction of sp³-hybridized carbons (Fsp3) is 0.591. The molecular formula is C22H32N6O. The van der Waals surface area contributed by atoms with Crippen LogP contribution in [0.25, 0.3) is 11.0 Å². The van der Waals surface area contributed by atoms with E-state index in [0.717, 1.165) is 48.6 Å². The van der Waals surface area contributed by atoms with Gasteiger partial charge in [0.25, 0.3) is 0 Å². The van der Waals surface area contributed by atoms with Crippen molar-refractivity contribution < 1.29 is 4.79 Å². The summed E-state index contributed by atoms with van der Waals surface area (Å²) < 4.78 is 0. The normalized spacial score (nSPS) is 22.7. The van der Waals surface area contributed by atoms with Crippen LogP contribution in [0.15, 0.2) is 24.7 Å². The number of aromatic nitrogens is 3. The molecular weight excluding hydrogens is 364 g/mol. The molecule has 7 nitrogen and oxygen atoms in total. The molecule has 1 aliphatic heterocycles. The Morgan fingerprint density at radius 3 is 2.90 bits per heavy atom. The first kappa shape index (κ1) is 19.9. The zero-order chi connectivity index (χ0) is 20.4. The molecule has 156 valence electrons. The third-order valence-electron chi connectivity index (χ3n) is 5.99. The van der Waals surface area contributed by atoms with Crippen LogP contribution >= 0.6 is 0 Å². The van der Waals surface area contributed by atoms with Gasteiger partial charge in [-0.15, -0.1) is 0 Å². The van der Waals surface area contributed by atoms with E-state index in [1.54, 1.807) is 12.4 Å². The Hall–Kier alpha value is -2.41. The van der Waals surface area contributed by atoms with Crippen LogP contribution in [0, 0.1) is 5.92 Å². The number of hydrogen-bond acceptors (Lipinski definition) is 5. The topological polar surface area (TPSA) is 77.1 Å². The van der Waals surface area contributed by atoms with Crippen LogP contribution in [0.4, 0.5) is 5.82 Å². The van der Waals surface area contributed by atoms with Crippen molar-refractivity contribution in [1.82, 2.24) is 24.8 Å². The van der Waals surface area contributed by atoms with Gasteiger partial charge in [-0.3, -0.25) is 4.79 Å². The number of carbonyl (C=O) groups is 1. The summed E-state index contributed by atoms with van der Waals surface area (Å²) in [5, 5.41) is 4.74. The quantitative estimate of drug-likeness (QED) is 0.704. The molecule has 4 rings (SSSR count). The number of likely N-dealkylation sites (tertiary alicyclic amines) is 1. The van der Waals surface area contributed by atoms with Crippen LogP contribution in [0.5, 0.6) is 0 Å². The largest absolute Gasteiger partial charge is 0.365 e. The fourth-order valence-electron chi connectivity index (χ4n) is 4.12. The summed E-state index contributed by atoms with van der Waals surface area (Å²) in [5.41, 5.74) is 2.19. The monoisotopic (exact) mass is 396 g/mol. The minimum atomic E-state index is 0.0924. The second kappa shape index (κ2) is 8.53. The first-order valence-electron chi connectivity index (χ1n) is 10.7. The van der Waals surface area contributed by atoms with Gasteiger partial charge in [0.15, 0.2) is 0 Å². The molecule has 7 heteroatoms. The van der Waals surface area contributed by atoms with Gasteiger partial charge in [-0.05, 0) is 64.6 Å². The Kier molecular flexibility index (Phi) is 5.85. The smallest absolute Gasteiger partial charge is 0.246 e. The summed E-state index contributed by atoms with van der Waals surface area (Å²) in [6.45, 7) is 3.60. The predicted molar refractivity (Wildman–Crippen MR) is 116 cm³/mol. The average molecular weight is 397 g/mol. The molecule has 1 aliphatic carbocycles. The second-order valence-electron chi connectivity index (χ2n) is 8.83. The number of H-pyrrole nitrogens is 1. The third-order valence-corrected chi connectivity index (χ3v) is 5.99. The van der Waals surface area contributed by atoms with Crippen molar-refractivity contribution in [3.05, 3.63) is 30.2 Å². The van der Waals surface area contributed by atoms with Crippen LogP contribution in [0.2, 0.25) is 0 Å². The molecule has 2 fully saturated rings. The molecule has 1 amide bonds. The molecule has 3 heterocycles. The molecule has 0 bridgehead atoms. The maximum absolute atomic E-state index is 12.7. The maximum atomic E-state index is 12.7. The highest BCUT2D eigenvalue weighted by atomic mass is 16.2. The number of nitrogens with one attached hydrogen (secondary N) is 2. The molecule has 2 aliphatic rings. The highest BCUT2D eigenvalue weighted by molar-refractivity contribution is 5.91. The summed E-state index contributed by atoms with van der Waals surface area (Å²) in [6.07, 6.45) is 13.1. The Labute approximate surface area is 172 Å². The van der Waals surface area contributed by atoms with Crippen molar-refractivity contribution >= 4 is 22.8 Å². The molecule has 2 aromatic rings. The van der Waals surface area contributed by atoms with Gasteiger partial charge in [-0.25, -0.2) is 9.97 Å². The van der Waals surface area contributed by atoms with E-state index in [2.05, 4.69) is 33.4 Å². The van der Waals surface area contributed by atoms with Crippen molar-refractivity contribution in [2.45, 2.75) is 51.1 Å². The first-order valence-corrected chi connectivity index (χ1v) is 10.7. The van der Waals surface area contributed by atoms with Crippen LogP contribution in [0.1, 0.15) is 38.2 Å². The number of aromatic amines is 1. The van der Waals surface area contributed by atoms with Crippen molar-refractivity contribution in [3.63, 3.8) is 0 Å². The number of likely N-dealkylation sites (N-methyl/N-ethyl adjacent to an activating group) is 1. The van der Waals surface area contributed by atoms with E-state index in [1.807, 2.05) is 30.0 Å². The molecule has 2 atom stereocenters. The molecule has 0 aromatic carbocycles. The molecule has 2 N–H and O–H groups in total. The average Bonchev–Trinajstić information content (AvgIpc) is 3.41. The predicted octanol–water partition coefficient (Wildman–Crippen LogP) is 2.82. The summed E-state index contributed by atoms with van der Waals surface area (Å²) in [7, 11) is 4.00. The Balaban J connectivity index is 1.47. The van der Waals surface area contributed by atoms with Crippen molar-refractivity contribution in [1.29, 1.82) is 0 Å². The van der Waals surface area contributed by atoms with Crippen LogP contribution in [0.3, 0.4) is 0 Å². The van der Waals surface area contributed by atoms with E-state index in [0.29, 0.717) is 6.54 Å². The van der Waals surface area contributed by atoms with Crippen molar-refractivity contribution in [3.8, 4) is 0 Å². The fourth-order valence-corrected chi connectivity index (χ4v) is 4.12. The lowest BCUT2D eigenvalue weighted by molar-refractivity contribution is -0.129. The molecule has 2 aromatic heterocycles. The van der Waals surface area contributed by atoms with Gasteiger partial charge in [0, 0.05) is 37.4 Å². The number of amides is 1. The molecule has 1 saturated heterocycles. The lowest BCUT2D eigenvalue weighted by Gasteiger charge is -2.38. The second-order valence-corrected chi connectivity index (χ2v) is 8.83. The highest BCUT2D eigenvalue weighted by Crippen LogP contribution is 2.36. The Morgan fingerprint density at radius 2 is 2.14 bits per heavy atom. The van der Waals surface area contributed by atoms with Gasteiger partial charge in [0.1, 0.15) is 17.8 Å². The standard InChI is InChI=1S/C22H32N6O/c1-15-6-9-18(13-28(15)19(29)5-4-10-27(2)3)26-22-20-17(11-16-7-8-16)12-23-21(20)24-14-25-22/h4-5,12,14-16,18H,6-11,13H2,1-3H3,(H2,23,24,25,26)/b5-4+/t15-,18+/m0/s1. The van der Waals surface area contributed by atoms with Crippen LogP contribution < -0.4 is 5.32 Å². The summed E-state index contributed by atoms with van der Waals surface area (Å²) >= 11 is 0.